The first kappa shape index (κ1) is 19.3. The predicted molar refractivity (Wildman–Crippen MR) is 107 cm³/mol. The highest BCUT2D eigenvalue weighted by Gasteiger charge is 2.40. The van der Waals surface area contributed by atoms with Crippen LogP contribution in [0.15, 0.2) is 42.5 Å². The first-order valence-electron chi connectivity index (χ1n) is 9.85. The number of rotatable bonds is 6. The second-order valence-corrected chi connectivity index (χ2v) is 7.51. The van der Waals surface area contributed by atoms with Gasteiger partial charge in [-0.15, -0.1) is 0 Å². The van der Waals surface area contributed by atoms with Gasteiger partial charge >= 0.3 is 0 Å². The van der Waals surface area contributed by atoms with Crippen molar-refractivity contribution in [1.29, 1.82) is 0 Å². The highest BCUT2D eigenvalue weighted by Crippen LogP contribution is 2.30. The average Bonchev–Trinajstić information content (AvgIpc) is 3.48. The van der Waals surface area contributed by atoms with Crippen LogP contribution in [0.3, 0.4) is 0 Å². The molecule has 2 aliphatic rings. The fourth-order valence-electron chi connectivity index (χ4n) is 4.02. The number of H-pyrrole nitrogens is 1. The van der Waals surface area contributed by atoms with Crippen molar-refractivity contribution in [3.8, 4) is 11.4 Å². The Morgan fingerprint density at radius 2 is 1.97 bits per heavy atom. The number of nitrogens with one attached hydrogen (secondary N) is 2. The van der Waals surface area contributed by atoms with Gasteiger partial charge in [0.05, 0.1) is 12.0 Å². The number of benzene rings is 1. The molecular weight excluding hydrogens is 370 g/mol. The number of hydrogen-bond acceptors (Lipinski definition) is 5. The molecule has 1 fully saturated rings. The fraction of sp³-hybridized carbons (Fsp3) is 0.429. The topological polar surface area (TPSA) is 100 Å². The summed E-state index contributed by atoms with van der Waals surface area (Å²) >= 11 is 0. The van der Waals surface area contributed by atoms with E-state index >= 15 is 0 Å². The molecule has 2 heterocycles. The predicted octanol–water partition coefficient (Wildman–Crippen LogP) is 1.49. The van der Waals surface area contributed by atoms with Crippen LogP contribution >= 0.6 is 0 Å². The molecule has 1 aromatic heterocycles. The SMILES string of the molecule is COCC(=O)N[C@@H]1CN(C(=O)C2CC=CC2)C[C@H]1c1nc(-c2ccccc2)n[nH]1. The molecule has 0 unspecified atom stereocenters. The maximum Gasteiger partial charge on any atom is 0.246 e. The lowest BCUT2D eigenvalue weighted by atomic mass is 10.0. The molecule has 8 heteroatoms. The Kier molecular flexibility index (Phi) is 5.71. The van der Waals surface area contributed by atoms with Crippen molar-refractivity contribution in [2.75, 3.05) is 26.8 Å². The minimum Gasteiger partial charge on any atom is -0.375 e. The number of carbonyl (C=O) groups is 2. The minimum atomic E-state index is -0.243. The Morgan fingerprint density at radius 3 is 2.69 bits per heavy atom. The third kappa shape index (κ3) is 4.22. The fourth-order valence-corrected chi connectivity index (χ4v) is 4.02. The number of hydrogen-bond donors (Lipinski definition) is 2. The molecule has 0 radical (unpaired) electrons. The maximum absolute atomic E-state index is 12.9. The van der Waals surface area contributed by atoms with Gasteiger partial charge in [0, 0.05) is 31.7 Å². The standard InChI is InChI=1S/C21H25N5O3/c1-29-13-18(27)22-17-12-26(21(28)15-9-5-6-10-15)11-16(17)20-23-19(24-25-20)14-7-3-2-4-8-14/h2-8,15-17H,9-13H2,1H3,(H,22,27)(H,23,24,25)/t16-,17-/m1/s1. The van der Waals surface area contributed by atoms with Gasteiger partial charge in [0.15, 0.2) is 5.82 Å². The summed E-state index contributed by atoms with van der Waals surface area (Å²) in [4.78, 5) is 31.5. The van der Waals surface area contributed by atoms with E-state index < -0.39 is 0 Å². The lowest BCUT2D eigenvalue weighted by Crippen LogP contribution is -2.42. The minimum absolute atomic E-state index is 0.00122. The number of likely N-dealkylation sites (tertiary alicyclic amines) is 1. The highest BCUT2D eigenvalue weighted by molar-refractivity contribution is 5.81. The van der Waals surface area contributed by atoms with Gasteiger partial charge in [-0.05, 0) is 12.8 Å². The zero-order valence-corrected chi connectivity index (χ0v) is 16.4. The van der Waals surface area contributed by atoms with Crippen LogP contribution in [-0.2, 0) is 14.3 Å². The third-order valence-electron chi connectivity index (χ3n) is 5.50. The van der Waals surface area contributed by atoms with Crippen molar-refractivity contribution in [2.24, 2.45) is 5.92 Å². The van der Waals surface area contributed by atoms with E-state index in [9.17, 15) is 9.59 Å². The van der Waals surface area contributed by atoms with E-state index in [1.165, 1.54) is 7.11 Å². The van der Waals surface area contributed by atoms with Gasteiger partial charge in [-0.1, -0.05) is 42.5 Å². The summed E-state index contributed by atoms with van der Waals surface area (Å²) in [5.41, 5.74) is 0.915. The van der Waals surface area contributed by atoms with Crippen LogP contribution in [0.2, 0.25) is 0 Å². The van der Waals surface area contributed by atoms with Gasteiger partial charge in [-0.2, -0.15) is 5.10 Å². The molecule has 2 aromatic rings. The van der Waals surface area contributed by atoms with Crippen molar-refractivity contribution >= 4 is 11.8 Å². The molecule has 152 valence electrons. The summed E-state index contributed by atoms with van der Waals surface area (Å²) in [6, 6.07) is 9.46. The number of allylic oxidation sites excluding steroid dienone is 2. The summed E-state index contributed by atoms with van der Waals surface area (Å²) in [5, 5.41) is 10.3. The number of aromatic nitrogens is 3. The molecule has 2 amide bonds. The van der Waals surface area contributed by atoms with Crippen LogP contribution < -0.4 is 5.32 Å². The van der Waals surface area contributed by atoms with Crippen LogP contribution in [0, 0.1) is 5.92 Å². The third-order valence-corrected chi connectivity index (χ3v) is 5.50. The van der Waals surface area contributed by atoms with E-state index in [-0.39, 0.29) is 36.3 Å². The molecule has 0 spiro atoms. The molecule has 1 aliphatic carbocycles. The number of amides is 2. The Hall–Kier alpha value is -3.00. The number of methoxy groups -OCH3 is 1. The Balaban J connectivity index is 1.54. The van der Waals surface area contributed by atoms with E-state index in [0.29, 0.717) is 24.7 Å². The molecule has 0 saturated carbocycles. The molecule has 1 aliphatic heterocycles. The smallest absolute Gasteiger partial charge is 0.246 e. The lowest BCUT2D eigenvalue weighted by Gasteiger charge is -2.20. The molecule has 2 N–H and O–H groups in total. The molecule has 2 atom stereocenters. The number of aromatic amines is 1. The van der Waals surface area contributed by atoms with Crippen LogP contribution in [0.25, 0.3) is 11.4 Å². The van der Waals surface area contributed by atoms with E-state index in [4.69, 9.17) is 4.74 Å². The maximum atomic E-state index is 12.9. The van der Waals surface area contributed by atoms with Crippen molar-refractivity contribution < 1.29 is 14.3 Å². The van der Waals surface area contributed by atoms with Crippen molar-refractivity contribution in [2.45, 2.75) is 24.8 Å². The monoisotopic (exact) mass is 395 g/mol. The summed E-state index contributed by atoms with van der Waals surface area (Å²) in [7, 11) is 1.48. The first-order chi connectivity index (χ1) is 14.2. The zero-order valence-electron chi connectivity index (χ0n) is 16.4. The van der Waals surface area contributed by atoms with E-state index in [1.807, 2.05) is 35.2 Å². The Bertz CT molecular complexity index is 887. The molecule has 4 rings (SSSR count). The van der Waals surface area contributed by atoms with Crippen LogP contribution in [0.1, 0.15) is 24.6 Å². The molecule has 0 bridgehead atoms. The molecule has 29 heavy (non-hydrogen) atoms. The number of nitrogens with zero attached hydrogens (tertiary/aromatic N) is 3. The van der Waals surface area contributed by atoms with Gasteiger partial charge < -0.3 is 15.0 Å². The van der Waals surface area contributed by atoms with Crippen LogP contribution in [-0.4, -0.2) is 64.7 Å². The van der Waals surface area contributed by atoms with Crippen molar-refractivity contribution in [3.05, 3.63) is 48.3 Å². The van der Waals surface area contributed by atoms with Gasteiger partial charge in [0.2, 0.25) is 11.8 Å². The number of ether oxygens (including phenoxy) is 1. The van der Waals surface area contributed by atoms with Gasteiger partial charge in [-0.3, -0.25) is 14.7 Å². The van der Waals surface area contributed by atoms with Gasteiger partial charge in [0.1, 0.15) is 12.4 Å². The summed E-state index contributed by atoms with van der Waals surface area (Å²) in [5.74, 6) is 1.05. The second-order valence-electron chi connectivity index (χ2n) is 7.51. The zero-order chi connectivity index (χ0) is 20.2. The molecular formula is C21H25N5O3. The number of carbonyl (C=O) groups excluding carboxylic acids is 2. The Labute approximate surface area is 169 Å². The van der Waals surface area contributed by atoms with Crippen LogP contribution in [0.5, 0.6) is 0 Å². The Morgan fingerprint density at radius 1 is 1.21 bits per heavy atom. The lowest BCUT2D eigenvalue weighted by molar-refractivity contribution is -0.134. The average molecular weight is 395 g/mol. The van der Waals surface area contributed by atoms with E-state index in [1.54, 1.807) is 0 Å². The molecule has 1 aromatic carbocycles. The normalized spacial score (nSPS) is 21.6. The van der Waals surface area contributed by atoms with E-state index in [2.05, 4.69) is 32.7 Å². The van der Waals surface area contributed by atoms with Crippen LogP contribution in [0.4, 0.5) is 0 Å². The largest absolute Gasteiger partial charge is 0.375 e. The second kappa shape index (κ2) is 8.57. The first-order valence-corrected chi connectivity index (χ1v) is 9.85. The van der Waals surface area contributed by atoms with Crippen molar-refractivity contribution in [1.82, 2.24) is 25.4 Å². The van der Waals surface area contributed by atoms with E-state index in [0.717, 1.165) is 18.4 Å². The molecule has 8 nitrogen and oxygen atoms in total. The summed E-state index contributed by atoms with van der Waals surface area (Å²) < 4.78 is 4.94. The molecule has 1 saturated heterocycles. The van der Waals surface area contributed by atoms with Gasteiger partial charge in [0.25, 0.3) is 0 Å². The highest BCUT2D eigenvalue weighted by atomic mass is 16.5. The van der Waals surface area contributed by atoms with Gasteiger partial charge in [-0.25, -0.2) is 4.98 Å². The summed E-state index contributed by atoms with van der Waals surface area (Å²) in [6.45, 7) is 0.933. The van der Waals surface area contributed by atoms with Crippen molar-refractivity contribution in [3.63, 3.8) is 0 Å². The quantitative estimate of drug-likeness (QED) is 0.722. The summed E-state index contributed by atoms with van der Waals surface area (Å²) in [6.07, 6.45) is 5.66.